The molecule has 1 unspecified atom stereocenters. The molecule has 1 aliphatic heterocycles. The fourth-order valence-corrected chi connectivity index (χ4v) is 3.36. The molecule has 1 atom stereocenters. The fraction of sp³-hybridized carbons (Fsp3) is 0.188. The van der Waals surface area contributed by atoms with E-state index in [0.29, 0.717) is 11.3 Å². The van der Waals surface area contributed by atoms with Crippen LogP contribution >= 0.6 is 0 Å². The van der Waals surface area contributed by atoms with Gasteiger partial charge in [-0.3, -0.25) is 9.52 Å². The molecule has 2 aromatic rings. The van der Waals surface area contributed by atoms with Crippen LogP contribution in [0.1, 0.15) is 12.5 Å². The second-order valence-corrected chi connectivity index (χ2v) is 7.18. The second kappa shape index (κ2) is 5.79. The number of fused-ring (bicyclic) bond motifs is 1. The molecule has 2 aromatic carbocycles. The summed E-state index contributed by atoms with van der Waals surface area (Å²) >= 11 is 0. The molecule has 126 valence electrons. The lowest BCUT2D eigenvalue weighted by Gasteiger charge is -2.23. The van der Waals surface area contributed by atoms with Crippen LogP contribution in [0, 0.1) is 12.7 Å². The van der Waals surface area contributed by atoms with Crippen LogP contribution in [-0.2, 0) is 14.8 Å². The Hall–Kier alpha value is -2.61. The van der Waals surface area contributed by atoms with E-state index >= 15 is 0 Å². The first-order chi connectivity index (χ1) is 11.3. The monoisotopic (exact) mass is 350 g/mol. The molecular weight excluding hydrogens is 335 g/mol. The summed E-state index contributed by atoms with van der Waals surface area (Å²) in [6, 6.07) is 8.19. The second-order valence-electron chi connectivity index (χ2n) is 5.50. The van der Waals surface area contributed by atoms with E-state index in [-0.39, 0.29) is 22.2 Å². The van der Waals surface area contributed by atoms with Crippen molar-refractivity contribution in [3.05, 3.63) is 47.8 Å². The highest BCUT2D eigenvalue weighted by Crippen LogP contribution is 2.32. The number of hydrogen-bond donors (Lipinski definition) is 2. The average molecular weight is 350 g/mol. The van der Waals surface area contributed by atoms with Gasteiger partial charge in [0, 0.05) is 0 Å². The van der Waals surface area contributed by atoms with Crippen LogP contribution in [0.15, 0.2) is 41.3 Å². The van der Waals surface area contributed by atoms with Gasteiger partial charge in [0.25, 0.3) is 15.9 Å². The van der Waals surface area contributed by atoms with E-state index in [4.69, 9.17) is 4.74 Å². The minimum Gasteiger partial charge on any atom is -0.479 e. The highest BCUT2D eigenvalue weighted by atomic mass is 32.2. The Labute approximate surface area is 138 Å². The molecule has 0 bridgehead atoms. The zero-order valence-corrected chi connectivity index (χ0v) is 13.8. The molecule has 8 heteroatoms. The van der Waals surface area contributed by atoms with Crippen LogP contribution < -0.4 is 14.8 Å². The molecule has 1 amide bonds. The number of carbonyl (C=O) groups excluding carboxylic acids is 1. The normalized spacial score (nSPS) is 16.8. The minimum absolute atomic E-state index is 0.111. The molecule has 0 aliphatic carbocycles. The van der Waals surface area contributed by atoms with Gasteiger partial charge in [-0.05, 0) is 49.7 Å². The highest BCUT2D eigenvalue weighted by Gasteiger charge is 2.26. The summed E-state index contributed by atoms with van der Waals surface area (Å²) in [5, 5.41) is 2.58. The Morgan fingerprint density at radius 3 is 2.71 bits per heavy atom. The first-order valence-electron chi connectivity index (χ1n) is 7.17. The van der Waals surface area contributed by atoms with Gasteiger partial charge < -0.3 is 10.1 Å². The van der Waals surface area contributed by atoms with Crippen LogP contribution in [0.2, 0.25) is 0 Å². The lowest BCUT2D eigenvalue weighted by molar-refractivity contribution is -0.122. The van der Waals surface area contributed by atoms with Gasteiger partial charge >= 0.3 is 0 Å². The number of sulfonamides is 1. The fourth-order valence-electron chi connectivity index (χ4n) is 2.28. The molecule has 0 aromatic heterocycles. The number of rotatable bonds is 3. The standard InChI is InChI=1S/C16H15FN2O4S/c1-9-3-5-12(17)13(7-9)19-24(21,22)11-4-6-15-14(8-11)18-16(20)10(2)23-15/h3-8,10,19H,1-2H3,(H,18,20). The molecule has 0 saturated carbocycles. The van der Waals surface area contributed by atoms with Gasteiger partial charge in [0.15, 0.2) is 6.10 Å². The van der Waals surface area contributed by atoms with Crippen LogP contribution in [-0.4, -0.2) is 20.4 Å². The van der Waals surface area contributed by atoms with Crippen LogP contribution in [0.25, 0.3) is 0 Å². The topological polar surface area (TPSA) is 84.5 Å². The molecule has 0 radical (unpaired) electrons. The predicted molar refractivity (Wildman–Crippen MR) is 87.1 cm³/mol. The van der Waals surface area contributed by atoms with Crippen molar-refractivity contribution in [3.8, 4) is 5.75 Å². The molecule has 6 nitrogen and oxygen atoms in total. The zero-order chi connectivity index (χ0) is 17.5. The third-order valence-electron chi connectivity index (χ3n) is 3.56. The number of nitrogens with one attached hydrogen (secondary N) is 2. The quantitative estimate of drug-likeness (QED) is 0.891. The first-order valence-corrected chi connectivity index (χ1v) is 8.65. The van der Waals surface area contributed by atoms with Crippen LogP contribution in [0.5, 0.6) is 5.75 Å². The summed E-state index contributed by atoms with van der Waals surface area (Å²) in [4.78, 5) is 11.5. The van der Waals surface area contributed by atoms with Gasteiger partial charge in [-0.1, -0.05) is 6.07 Å². The van der Waals surface area contributed by atoms with E-state index in [1.54, 1.807) is 19.9 Å². The highest BCUT2D eigenvalue weighted by molar-refractivity contribution is 7.92. The van der Waals surface area contributed by atoms with Gasteiger partial charge in [-0.15, -0.1) is 0 Å². The minimum atomic E-state index is -4.01. The van der Waals surface area contributed by atoms with Gasteiger partial charge in [0.2, 0.25) is 0 Å². The van der Waals surface area contributed by atoms with Crippen molar-refractivity contribution >= 4 is 27.3 Å². The summed E-state index contributed by atoms with van der Waals surface area (Å²) in [5.41, 5.74) is 0.835. The summed E-state index contributed by atoms with van der Waals surface area (Å²) in [6.07, 6.45) is -0.653. The Morgan fingerprint density at radius 1 is 1.21 bits per heavy atom. The SMILES string of the molecule is Cc1ccc(F)c(NS(=O)(=O)c2ccc3c(c2)NC(=O)C(C)O3)c1. The lowest BCUT2D eigenvalue weighted by atomic mass is 10.2. The Morgan fingerprint density at radius 2 is 1.96 bits per heavy atom. The van der Waals surface area contributed by atoms with Crippen molar-refractivity contribution in [2.24, 2.45) is 0 Å². The zero-order valence-electron chi connectivity index (χ0n) is 13.0. The van der Waals surface area contributed by atoms with Crippen molar-refractivity contribution in [1.29, 1.82) is 0 Å². The van der Waals surface area contributed by atoms with E-state index in [0.717, 1.165) is 0 Å². The van der Waals surface area contributed by atoms with Crippen molar-refractivity contribution in [2.75, 3.05) is 10.0 Å². The van der Waals surface area contributed by atoms with Gasteiger partial charge in [-0.2, -0.15) is 0 Å². The molecule has 0 saturated heterocycles. The summed E-state index contributed by atoms with van der Waals surface area (Å²) in [5.74, 6) is -0.662. The number of halogens is 1. The third kappa shape index (κ3) is 3.05. The van der Waals surface area contributed by atoms with Crippen molar-refractivity contribution in [1.82, 2.24) is 0 Å². The van der Waals surface area contributed by atoms with Crippen molar-refractivity contribution in [3.63, 3.8) is 0 Å². The number of carbonyl (C=O) groups is 1. The molecule has 0 spiro atoms. The Bertz CT molecular complexity index is 928. The molecule has 2 N–H and O–H groups in total. The molecule has 0 fully saturated rings. The van der Waals surface area contributed by atoms with Crippen molar-refractivity contribution in [2.45, 2.75) is 24.8 Å². The number of benzene rings is 2. The predicted octanol–water partition coefficient (Wildman–Crippen LogP) is 2.65. The number of amides is 1. The third-order valence-corrected chi connectivity index (χ3v) is 4.92. The maximum absolute atomic E-state index is 13.8. The van der Waals surface area contributed by atoms with E-state index < -0.39 is 21.9 Å². The Kier molecular flexibility index (Phi) is 3.92. The van der Waals surface area contributed by atoms with Gasteiger partial charge in [0.1, 0.15) is 11.6 Å². The summed E-state index contributed by atoms with van der Waals surface area (Å²) in [6.45, 7) is 3.31. The molecule has 24 heavy (non-hydrogen) atoms. The maximum atomic E-state index is 13.8. The van der Waals surface area contributed by atoms with Crippen LogP contribution in [0.3, 0.4) is 0 Å². The smallest absolute Gasteiger partial charge is 0.265 e. The van der Waals surface area contributed by atoms with E-state index in [1.165, 1.54) is 30.3 Å². The molecular formula is C16H15FN2O4S. The number of aryl methyl sites for hydroxylation is 1. The van der Waals surface area contributed by atoms with Crippen molar-refractivity contribution < 1.29 is 22.3 Å². The Balaban J connectivity index is 1.95. The lowest BCUT2D eigenvalue weighted by Crippen LogP contribution is -2.34. The average Bonchev–Trinajstić information content (AvgIpc) is 2.51. The number of hydrogen-bond acceptors (Lipinski definition) is 4. The molecule has 3 rings (SSSR count). The number of anilines is 2. The summed E-state index contributed by atoms with van der Waals surface area (Å²) < 4.78 is 46.3. The largest absolute Gasteiger partial charge is 0.479 e. The molecule has 1 heterocycles. The van der Waals surface area contributed by atoms with Gasteiger partial charge in [0.05, 0.1) is 16.3 Å². The number of ether oxygens (including phenoxy) is 1. The van der Waals surface area contributed by atoms with Crippen LogP contribution in [0.4, 0.5) is 15.8 Å². The maximum Gasteiger partial charge on any atom is 0.265 e. The summed E-state index contributed by atoms with van der Waals surface area (Å²) in [7, 11) is -4.01. The van der Waals surface area contributed by atoms with E-state index in [9.17, 15) is 17.6 Å². The van der Waals surface area contributed by atoms with Gasteiger partial charge in [-0.25, -0.2) is 12.8 Å². The van der Waals surface area contributed by atoms with E-state index in [1.807, 2.05) is 0 Å². The van der Waals surface area contributed by atoms with E-state index in [2.05, 4.69) is 10.0 Å². The first kappa shape index (κ1) is 16.3. The molecule has 1 aliphatic rings.